The van der Waals surface area contributed by atoms with Gasteiger partial charge in [-0.15, -0.1) is 0 Å². The van der Waals surface area contributed by atoms with Crippen LogP contribution >= 0.6 is 11.6 Å². The average molecular weight is 432 g/mol. The fraction of sp³-hybridized carbons (Fsp3) is 0.200. The SMILES string of the molecule is Cc1nc(Nc2ccc(NS(=O)(=O)Cc3cccc(Cl)c3)cc2)cc(N(C)C)n1. The van der Waals surface area contributed by atoms with Gasteiger partial charge in [-0.2, -0.15) is 0 Å². The molecule has 3 rings (SSSR count). The van der Waals surface area contributed by atoms with Gasteiger partial charge in [0.15, 0.2) is 0 Å². The minimum atomic E-state index is -3.55. The van der Waals surface area contributed by atoms with Crippen molar-refractivity contribution in [2.75, 3.05) is 29.0 Å². The second-order valence-electron chi connectivity index (χ2n) is 6.75. The molecule has 0 bridgehead atoms. The van der Waals surface area contributed by atoms with Crippen LogP contribution in [0, 0.1) is 6.92 Å². The van der Waals surface area contributed by atoms with Crippen molar-refractivity contribution in [3.63, 3.8) is 0 Å². The average Bonchev–Trinajstić information content (AvgIpc) is 2.62. The summed E-state index contributed by atoms with van der Waals surface area (Å²) in [5, 5.41) is 3.71. The van der Waals surface area contributed by atoms with Crippen molar-refractivity contribution >= 4 is 44.6 Å². The van der Waals surface area contributed by atoms with E-state index in [0.29, 0.717) is 27.9 Å². The number of sulfonamides is 1. The van der Waals surface area contributed by atoms with E-state index in [1.165, 1.54) is 0 Å². The summed E-state index contributed by atoms with van der Waals surface area (Å²) in [6, 6.07) is 15.6. The molecular formula is C20H22ClN5O2S. The van der Waals surface area contributed by atoms with Crippen LogP contribution in [0.1, 0.15) is 11.4 Å². The molecule has 0 saturated carbocycles. The normalized spacial score (nSPS) is 11.2. The third-order valence-corrected chi connectivity index (χ3v) is 5.45. The molecule has 0 aliphatic heterocycles. The summed E-state index contributed by atoms with van der Waals surface area (Å²) >= 11 is 5.92. The van der Waals surface area contributed by atoms with Crippen LogP contribution in [0.4, 0.5) is 23.0 Å². The molecule has 9 heteroatoms. The van der Waals surface area contributed by atoms with E-state index in [9.17, 15) is 8.42 Å². The Kier molecular flexibility index (Phi) is 6.24. The molecule has 0 amide bonds. The van der Waals surface area contributed by atoms with Gasteiger partial charge in [-0.05, 0) is 48.9 Å². The van der Waals surface area contributed by atoms with E-state index in [-0.39, 0.29) is 5.75 Å². The Labute approximate surface area is 175 Å². The Hall–Kier alpha value is -2.84. The van der Waals surface area contributed by atoms with Crippen molar-refractivity contribution in [1.29, 1.82) is 0 Å². The monoisotopic (exact) mass is 431 g/mol. The molecule has 0 aliphatic carbocycles. The van der Waals surface area contributed by atoms with Gasteiger partial charge in [-0.25, -0.2) is 18.4 Å². The summed E-state index contributed by atoms with van der Waals surface area (Å²) in [6.07, 6.45) is 0. The Morgan fingerprint density at radius 3 is 2.34 bits per heavy atom. The second kappa shape index (κ2) is 8.67. The zero-order valence-corrected chi connectivity index (χ0v) is 17.9. The molecule has 2 N–H and O–H groups in total. The van der Waals surface area contributed by atoms with Crippen LogP contribution in [-0.4, -0.2) is 32.5 Å². The summed E-state index contributed by atoms with van der Waals surface area (Å²) in [7, 11) is 0.273. The molecule has 152 valence electrons. The van der Waals surface area contributed by atoms with Gasteiger partial charge in [0.2, 0.25) is 10.0 Å². The van der Waals surface area contributed by atoms with E-state index in [4.69, 9.17) is 11.6 Å². The Morgan fingerprint density at radius 1 is 1.00 bits per heavy atom. The van der Waals surface area contributed by atoms with Gasteiger partial charge in [0.25, 0.3) is 0 Å². The summed E-state index contributed by atoms with van der Waals surface area (Å²) in [4.78, 5) is 10.6. The number of halogens is 1. The maximum Gasteiger partial charge on any atom is 0.236 e. The number of nitrogens with one attached hydrogen (secondary N) is 2. The topological polar surface area (TPSA) is 87.2 Å². The number of aromatic nitrogens is 2. The highest BCUT2D eigenvalue weighted by Crippen LogP contribution is 2.22. The molecule has 0 fully saturated rings. The van der Waals surface area contributed by atoms with Crippen LogP contribution in [0.15, 0.2) is 54.6 Å². The lowest BCUT2D eigenvalue weighted by atomic mass is 10.2. The van der Waals surface area contributed by atoms with Crippen LogP contribution in [0.25, 0.3) is 0 Å². The highest BCUT2D eigenvalue weighted by Gasteiger charge is 2.12. The lowest BCUT2D eigenvalue weighted by Crippen LogP contribution is -2.15. The van der Waals surface area contributed by atoms with Crippen molar-refractivity contribution < 1.29 is 8.42 Å². The molecule has 2 aromatic carbocycles. The first kappa shape index (κ1) is 20.9. The fourth-order valence-corrected chi connectivity index (χ4v) is 4.08. The zero-order valence-electron chi connectivity index (χ0n) is 16.3. The molecule has 29 heavy (non-hydrogen) atoms. The van der Waals surface area contributed by atoms with Crippen molar-refractivity contribution in [2.24, 2.45) is 0 Å². The molecule has 3 aromatic rings. The van der Waals surface area contributed by atoms with E-state index in [1.54, 1.807) is 48.5 Å². The van der Waals surface area contributed by atoms with Gasteiger partial charge in [0.05, 0.1) is 5.75 Å². The van der Waals surface area contributed by atoms with E-state index in [1.807, 2.05) is 32.0 Å². The highest BCUT2D eigenvalue weighted by atomic mass is 35.5. The van der Waals surface area contributed by atoms with Gasteiger partial charge in [-0.3, -0.25) is 4.72 Å². The minimum Gasteiger partial charge on any atom is -0.363 e. The first-order chi connectivity index (χ1) is 13.7. The molecule has 1 heterocycles. The molecule has 7 nitrogen and oxygen atoms in total. The third kappa shape index (κ3) is 6.07. The highest BCUT2D eigenvalue weighted by molar-refractivity contribution is 7.91. The summed E-state index contributed by atoms with van der Waals surface area (Å²) < 4.78 is 27.4. The number of hydrogen-bond acceptors (Lipinski definition) is 6. The summed E-state index contributed by atoms with van der Waals surface area (Å²) in [5.74, 6) is 1.96. The molecule has 0 radical (unpaired) electrons. The van der Waals surface area contributed by atoms with Gasteiger partial charge in [0, 0.05) is 36.6 Å². The van der Waals surface area contributed by atoms with Crippen molar-refractivity contribution in [2.45, 2.75) is 12.7 Å². The van der Waals surface area contributed by atoms with E-state index in [0.717, 1.165) is 11.5 Å². The number of hydrogen-bond donors (Lipinski definition) is 2. The zero-order chi connectivity index (χ0) is 21.0. The number of rotatable bonds is 7. The second-order valence-corrected chi connectivity index (χ2v) is 8.91. The number of nitrogens with zero attached hydrogens (tertiary/aromatic N) is 3. The standard InChI is InChI=1S/C20H22ClN5O2S/c1-14-22-19(12-20(23-14)26(2)3)24-17-7-9-18(10-8-17)25-29(27,28)13-15-5-4-6-16(21)11-15/h4-12,25H,13H2,1-3H3,(H,22,23,24). The molecule has 0 spiro atoms. The molecule has 0 unspecified atom stereocenters. The minimum absolute atomic E-state index is 0.152. The van der Waals surface area contributed by atoms with Gasteiger partial charge in [0.1, 0.15) is 17.5 Å². The summed E-state index contributed by atoms with van der Waals surface area (Å²) in [6.45, 7) is 1.83. The van der Waals surface area contributed by atoms with Crippen LogP contribution in [0.2, 0.25) is 5.02 Å². The number of aryl methyl sites for hydroxylation is 1. The first-order valence-corrected chi connectivity index (χ1v) is 10.9. The number of benzene rings is 2. The van der Waals surface area contributed by atoms with Crippen LogP contribution in [-0.2, 0) is 15.8 Å². The maximum absolute atomic E-state index is 12.4. The van der Waals surface area contributed by atoms with Crippen molar-refractivity contribution in [3.05, 3.63) is 71.0 Å². The molecule has 0 atom stereocenters. The molecule has 1 aromatic heterocycles. The largest absolute Gasteiger partial charge is 0.363 e. The van der Waals surface area contributed by atoms with Crippen LogP contribution in [0.5, 0.6) is 0 Å². The molecule has 0 saturated heterocycles. The summed E-state index contributed by atoms with van der Waals surface area (Å²) in [5.41, 5.74) is 1.88. The maximum atomic E-state index is 12.4. The van der Waals surface area contributed by atoms with Crippen LogP contribution in [0.3, 0.4) is 0 Å². The predicted octanol–water partition coefficient (Wildman–Crippen LogP) is 4.19. The van der Waals surface area contributed by atoms with E-state index < -0.39 is 10.0 Å². The fourth-order valence-electron chi connectivity index (χ4n) is 2.68. The third-order valence-electron chi connectivity index (χ3n) is 3.96. The van der Waals surface area contributed by atoms with Gasteiger partial charge in [-0.1, -0.05) is 23.7 Å². The quantitative estimate of drug-likeness (QED) is 0.583. The Balaban J connectivity index is 1.69. The number of anilines is 4. The first-order valence-electron chi connectivity index (χ1n) is 8.85. The van der Waals surface area contributed by atoms with Crippen molar-refractivity contribution in [1.82, 2.24) is 9.97 Å². The van der Waals surface area contributed by atoms with Crippen molar-refractivity contribution in [3.8, 4) is 0 Å². The Bertz CT molecular complexity index is 1100. The predicted molar refractivity (Wildman–Crippen MR) is 119 cm³/mol. The smallest absolute Gasteiger partial charge is 0.236 e. The van der Waals surface area contributed by atoms with Gasteiger partial charge >= 0.3 is 0 Å². The lowest BCUT2D eigenvalue weighted by molar-refractivity contribution is 0.600. The van der Waals surface area contributed by atoms with Crippen LogP contribution < -0.4 is 14.9 Å². The molecular weight excluding hydrogens is 410 g/mol. The van der Waals surface area contributed by atoms with Gasteiger partial charge < -0.3 is 10.2 Å². The Morgan fingerprint density at radius 2 is 1.69 bits per heavy atom. The van der Waals surface area contributed by atoms with E-state index in [2.05, 4.69) is 20.0 Å². The molecule has 0 aliphatic rings. The lowest BCUT2D eigenvalue weighted by Gasteiger charge is -2.14. The van der Waals surface area contributed by atoms with E-state index >= 15 is 0 Å².